The predicted octanol–water partition coefficient (Wildman–Crippen LogP) is 3.03. The molecule has 0 fully saturated rings. The Hall–Kier alpha value is -2.96. The van der Waals surface area contributed by atoms with Crippen molar-refractivity contribution in [1.29, 1.82) is 0 Å². The second-order valence-corrected chi connectivity index (χ2v) is 5.63. The fraction of sp³-hybridized carbons (Fsp3) is 0.333. The molecule has 2 aromatic rings. The van der Waals surface area contributed by atoms with Crippen molar-refractivity contribution in [3.05, 3.63) is 47.4 Å². The Labute approximate surface area is 146 Å². The molecule has 0 spiro atoms. The molecule has 1 aromatic carbocycles. The van der Waals surface area contributed by atoms with Gasteiger partial charge in [-0.05, 0) is 32.4 Å². The smallest absolute Gasteiger partial charge is 0.339 e. The number of rotatable bonds is 6. The lowest BCUT2D eigenvalue weighted by atomic mass is 10.1. The summed E-state index contributed by atoms with van der Waals surface area (Å²) in [6.07, 6.45) is 0.928. The molecular weight excluding hydrogens is 320 g/mol. The number of aryl methyl sites for hydroxylation is 1. The molecule has 0 aliphatic rings. The molecule has 1 heterocycles. The number of carbonyl (C=O) groups is 2. The molecule has 7 heteroatoms. The van der Waals surface area contributed by atoms with Gasteiger partial charge in [0.2, 0.25) is 0 Å². The maximum atomic E-state index is 12.6. The summed E-state index contributed by atoms with van der Waals surface area (Å²) in [4.78, 5) is 32.8. The Morgan fingerprint density at radius 1 is 1.24 bits per heavy atom. The third-order valence-corrected chi connectivity index (χ3v) is 3.66. The maximum Gasteiger partial charge on any atom is 0.339 e. The first-order valence-electron chi connectivity index (χ1n) is 8.05. The number of esters is 1. The summed E-state index contributed by atoms with van der Waals surface area (Å²) < 4.78 is 4.73. The largest absolute Gasteiger partial charge is 0.465 e. The van der Waals surface area contributed by atoms with Crippen LogP contribution in [0.15, 0.2) is 30.3 Å². The minimum absolute atomic E-state index is 0.220. The van der Waals surface area contributed by atoms with Gasteiger partial charge in [0, 0.05) is 12.1 Å². The van der Waals surface area contributed by atoms with Crippen LogP contribution < -0.4 is 10.6 Å². The Bertz CT molecular complexity index is 777. The summed E-state index contributed by atoms with van der Waals surface area (Å²) in [7, 11) is 1.29. The number of carbonyl (C=O) groups excluding carboxylic acids is 2. The first-order valence-corrected chi connectivity index (χ1v) is 8.05. The first-order chi connectivity index (χ1) is 11.9. The molecule has 1 unspecified atom stereocenters. The minimum Gasteiger partial charge on any atom is -0.465 e. The molecule has 0 aliphatic heterocycles. The van der Waals surface area contributed by atoms with E-state index in [1.807, 2.05) is 6.92 Å². The van der Waals surface area contributed by atoms with Crippen LogP contribution in [0.5, 0.6) is 0 Å². The second-order valence-electron chi connectivity index (χ2n) is 5.63. The van der Waals surface area contributed by atoms with Crippen molar-refractivity contribution in [2.45, 2.75) is 33.2 Å². The highest BCUT2D eigenvalue weighted by molar-refractivity contribution is 6.07. The highest BCUT2D eigenvalue weighted by atomic mass is 16.5. The summed E-state index contributed by atoms with van der Waals surface area (Å²) in [6, 6.07) is 8.47. The van der Waals surface area contributed by atoms with Gasteiger partial charge in [-0.15, -0.1) is 0 Å². The van der Waals surface area contributed by atoms with Gasteiger partial charge in [0.05, 0.1) is 18.4 Å². The SMILES string of the molecule is CCC(C)Nc1cc(C(=O)Nc2ccccc2C(=O)OC)nc(C)n1. The zero-order valence-electron chi connectivity index (χ0n) is 14.8. The fourth-order valence-electron chi connectivity index (χ4n) is 2.18. The predicted molar refractivity (Wildman–Crippen MR) is 95.9 cm³/mol. The average molecular weight is 342 g/mol. The van der Waals surface area contributed by atoms with E-state index in [4.69, 9.17) is 4.74 Å². The van der Waals surface area contributed by atoms with Gasteiger partial charge in [-0.2, -0.15) is 0 Å². The lowest BCUT2D eigenvalue weighted by Crippen LogP contribution is -2.19. The van der Waals surface area contributed by atoms with Crippen molar-refractivity contribution in [2.75, 3.05) is 17.7 Å². The van der Waals surface area contributed by atoms with Crippen molar-refractivity contribution >= 4 is 23.4 Å². The van der Waals surface area contributed by atoms with Crippen LogP contribution in [0.2, 0.25) is 0 Å². The Morgan fingerprint density at radius 2 is 1.96 bits per heavy atom. The molecule has 1 amide bonds. The van der Waals surface area contributed by atoms with Crippen molar-refractivity contribution in [3.63, 3.8) is 0 Å². The molecule has 0 bridgehead atoms. The van der Waals surface area contributed by atoms with Gasteiger partial charge in [-0.3, -0.25) is 4.79 Å². The van der Waals surface area contributed by atoms with E-state index in [2.05, 4.69) is 27.5 Å². The van der Waals surface area contributed by atoms with E-state index in [1.54, 1.807) is 37.3 Å². The van der Waals surface area contributed by atoms with Crippen LogP contribution in [-0.4, -0.2) is 35.0 Å². The van der Waals surface area contributed by atoms with Crippen LogP contribution in [0, 0.1) is 6.92 Å². The molecule has 25 heavy (non-hydrogen) atoms. The quantitative estimate of drug-likeness (QED) is 0.784. The van der Waals surface area contributed by atoms with Crippen molar-refractivity contribution in [2.24, 2.45) is 0 Å². The zero-order chi connectivity index (χ0) is 18.4. The topological polar surface area (TPSA) is 93.2 Å². The van der Waals surface area contributed by atoms with Crippen LogP contribution in [0.4, 0.5) is 11.5 Å². The van der Waals surface area contributed by atoms with Gasteiger partial charge in [-0.1, -0.05) is 19.1 Å². The number of amides is 1. The van der Waals surface area contributed by atoms with E-state index >= 15 is 0 Å². The van der Waals surface area contributed by atoms with E-state index in [1.165, 1.54) is 7.11 Å². The van der Waals surface area contributed by atoms with Crippen LogP contribution in [0.3, 0.4) is 0 Å². The average Bonchev–Trinajstić information content (AvgIpc) is 2.60. The number of anilines is 2. The molecule has 1 aromatic heterocycles. The number of hydrogen-bond acceptors (Lipinski definition) is 6. The number of hydrogen-bond donors (Lipinski definition) is 2. The fourth-order valence-corrected chi connectivity index (χ4v) is 2.18. The number of aromatic nitrogens is 2. The molecular formula is C18H22N4O3. The normalized spacial score (nSPS) is 11.5. The summed E-state index contributed by atoms with van der Waals surface area (Å²) in [5.41, 5.74) is 0.868. The third-order valence-electron chi connectivity index (χ3n) is 3.66. The van der Waals surface area contributed by atoms with Crippen LogP contribution in [0.1, 0.15) is 46.9 Å². The Balaban J connectivity index is 2.26. The third kappa shape index (κ3) is 4.76. The maximum absolute atomic E-state index is 12.6. The molecule has 2 rings (SSSR count). The van der Waals surface area contributed by atoms with Gasteiger partial charge < -0.3 is 15.4 Å². The molecule has 2 N–H and O–H groups in total. The molecule has 1 atom stereocenters. The van der Waals surface area contributed by atoms with Gasteiger partial charge in [0.25, 0.3) is 5.91 Å². The highest BCUT2D eigenvalue weighted by Gasteiger charge is 2.16. The molecule has 0 radical (unpaired) electrons. The number of para-hydroxylation sites is 1. The number of methoxy groups -OCH3 is 1. The Kier molecular flexibility index (Phi) is 6.05. The lowest BCUT2D eigenvalue weighted by Gasteiger charge is -2.14. The zero-order valence-corrected chi connectivity index (χ0v) is 14.8. The summed E-state index contributed by atoms with van der Waals surface area (Å²) in [5.74, 6) is 0.135. The van der Waals surface area contributed by atoms with Crippen LogP contribution >= 0.6 is 0 Å². The molecule has 7 nitrogen and oxygen atoms in total. The molecule has 0 aliphatic carbocycles. The summed E-state index contributed by atoms with van der Waals surface area (Å²) >= 11 is 0. The number of ether oxygens (including phenoxy) is 1. The molecule has 0 saturated carbocycles. The molecule has 0 saturated heterocycles. The van der Waals surface area contributed by atoms with E-state index in [0.717, 1.165) is 6.42 Å². The second kappa shape index (κ2) is 8.23. The summed E-state index contributed by atoms with van der Waals surface area (Å²) in [5, 5.41) is 5.93. The standard InChI is InChI=1S/C18H22N4O3/c1-5-11(2)19-16-10-15(20-12(3)21-16)17(23)22-14-9-7-6-8-13(14)18(24)25-4/h6-11H,5H2,1-4H3,(H,22,23)(H,19,20,21). The first kappa shape index (κ1) is 18.4. The minimum atomic E-state index is -0.520. The van der Waals surface area contributed by atoms with Crippen molar-refractivity contribution < 1.29 is 14.3 Å². The monoisotopic (exact) mass is 342 g/mol. The number of nitrogens with zero attached hydrogens (tertiary/aromatic N) is 2. The lowest BCUT2D eigenvalue weighted by molar-refractivity contribution is 0.0602. The van der Waals surface area contributed by atoms with Crippen molar-refractivity contribution in [3.8, 4) is 0 Å². The Morgan fingerprint density at radius 3 is 2.64 bits per heavy atom. The van der Waals surface area contributed by atoms with E-state index in [-0.39, 0.29) is 17.3 Å². The van der Waals surface area contributed by atoms with Crippen LogP contribution in [-0.2, 0) is 4.74 Å². The van der Waals surface area contributed by atoms with E-state index < -0.39 is 11.9 Å². The van der Waals surface area contributed by atoms with Gasteiger partial charge in [0.15, 0.2) is 0 Å². The number of nitrogens with one attached hydrogen (secondary N) is 2. The van der Waals surface area contributed by atoms with Crippen LogP contribution in [0.25, 0.3) is 0 Å². The van der Waals surface area contributed by atoms with Gasteiger partial charge in [-0.25, -0.2) is 14.8 Å². The van der Waals surface area contributed by atoms with Gasteiger partial charge in [0.1, 0.15) is 17.3 Å². The summed E-state index contributed by atoms with van der Waals surface area (Å²) in [6.45, 7) is 5.81. The highest BCUT2D eigenvalue weighted by Crippen LogP contribution is 2.18. The number of benzene rings is 1. The molecule has 132 valence electrons. The van der Waals surface area contributed by atoms with Gasteiger partial charge >= 0.3 is 5.97 Å². The van der Waals surface area contributed by atoms with E-state index in [0.29, 0.717) is 17.3 Å². The van der Waals surface area contributed by atoms with Crippen molar-refractivity contribution in [1.82, 2.24) is 9.97 Å². The van der Waals surface area contributed by atoms with E-state index in [9.17, 15) is 9.59 Å².